The number of ether oxygens (including phenoxy) is 1. The molecule has 1 aliphatic rings. The van der Waals surface area contributed by atoms with Crippen LogP contribution < -0.4 is 15.4 Å². The number of amides is 1. The van der Waals surface area contributed by atoms with E-state index in [4.69, 9.17) is 16.3 Å². The van der Waals surface area contributed by atoms with E-state index in [9.17, 15) is 14.7 Å². The Kier molecular flexibility index (Phi) is 7.57. The van der Waals surface area contributed by atoms with Crippen molar-refractivity contribution in [1.82, 2.24) is 20.3 Å². The Hall–Kier alpha value is -3.95. The van der Waals surface area contributed by atoms with Crippen LogP contribution in [0.4, 0.5) is 5.82 Å². The predicted octanol–water partition coefficient (Wildman–Crippen LogP) is 4.85. The van der Waals surface area contributed by atoms with Gasteiger partial charge in [0.25, 0.3) is 0 Å². The van der Waals surface area contributed by atoms with E-state index >= 15 is 0 Å². The van der Waals surface area contributed by atoms with E-state index in [1.807, 2.05) is 30.3 Å². The molecule has 0 bridgehead atoms. The third kappa shape index (κ3) is 5.64. The molecule has 1 aliphatic carbocycles. The Balaban J connectivity index is 1.32. The van der Waals surface area contributed by atoms with E-state index in [0.717, 1.165) is 25.7 Å². The lowest BCUT2D eigenvalue weighted by Gasteiger charge is -2.30. The number of nitrogens with one attached hydrogen (secondary N) is 3. The van der Waals surface area contributed by atoms with Crippen LogP contribution >= 0.6 is 11.6 Å². The molecule has 0 saturated heterocycles. The number of aromatic nitrogens is 3. The summed E-state index contributed by atoms with van der Waals surface area (Å²) in [5.41, 5.74) is 1.31. The highest BCUT2D eigenvalue weighted by Gasteiger charge is 2.26. The molecule has 1 amide bonds. The van der Waals surface area contributed by atoms with Crippen LogP contribution in [0.15, 0.2) is 61.1 Å². The van der Waals surface area contributed by atoms with Crippen molar-refractivity contribution in [2.45, 2.75) is 50.8 Å². The van der Waals surface area contributed by atoms with Crippen molar-refractivity contribution in [3.63, 3.8) is 0 Å². The lowest BCUT2D eigenvalue weighted by atomic mass is 9.91. The van der Waals surface area contributed by atoms with Crippen molar-refractivity contribution in [2.24, 2.45) is 0 Å². The third-order valence-electron chi connectivity index (χ3n) is 6.67. The van der Waals surface area contributed by atoms with Gasteiger partial charge in [-0.25, -0.2) is 9.97 Å². The molecule has 0 unspecified atom stereocenters. The molecular formula is C28H28ClN5O4. The zero-order chi connectivity index (χ0) is 26.6. The molecule has 0 radical (unpaired) electrons. The number of carbonyl (C=O) groups is 2. The second-order valence-electron chi connectivity index (χ2n) is 9.41. The summed E-state index contributed by atoms with van der Waals surface area (Å²) < 4.78 is 5.83. The Morgan fingerprint density at radius 3 is 2.47 bits per heavy atom. The van der Waals surface area contributed by atoms with E-state index < -0.39 is 6.10 Å². The van der Waals surface area contributed by atoms with E-state index in [0.29, 0.717) is 39.5 Å². The van der Waals surface area contributed by atoms with Crippen LogP contribution in [0.5, 0.6) is 11.5 Å². The van der Waals surface area contributed by atoms with E-state index in [2.05, 4.69) is 25.6 Å². The summed E-state index contributed by atoms with van der Waals surface area (Å²) in [5, 5.41) is 16.7. The van der Waals surface area contributed by atoms with Crippen LogP contribution in [-0.4, -0.2) is 49.9 Å². The van der Waals surface area contributed by atoms with E-state index in [1.54, 1.807) is 24.4 Å². The molecule has 4 N–H and O–H groups in total. The van der Waals surface area contributed by atoms with Crippen molar-refractivity contribution < 1.29 is 19.4 Å². The van der Waals surface area contributed by atoms with Crippen LogP contribution in [-0.2, 0) is 4.79 Å². The van der Waals surface area contributed by atoms with E-state index in [1.165, 1.54) is 13.3 Å². The SMILES string of the molecule is C[C@H](O)C(=O)N[C@H]1CC[C@@H](Nc2ncnc3[nH]cc(C(=O)c4ccc(Oc5ccccc5)cc4Cl)c23)CC1. The summed E-state index contributed by atoms with van der Waals surface area (Å²) in [4.78, 5) is 37.2. The van der Waals surface area contributed by atoms with Gasteiger partial charge in [-0.3, -0.25) is 9.59 Å². The van der Waals surface area contributed by atoms with Gasteiger partial charge in [-0.1, -0.05) is 29.8 Å². The fourth-order valence-electron chi connectivity index (χ4n) is 4.66. The van der Waals surface area contributed by atoms with Crippen LogP contribution in [0.25, 0.3) is 11.0 Å². The number of ketones is 1. The summed E-state index contributed by atoms with van der Waals surface area (Å²) >= 11 is 6.52. The van der Waals surface area contributed by atoms with Crippen molar-refractivity contribution >= 4 is 40.1 Å². The predicted molar refractivity (Wildman–Crippen MR) is 145 cm³/mol. The molecule has 1 saturated carbocycles. The number of anilines is 1. The van der Waals surface area contributed by atoms with Gasteiger partial charge in [0.05, 0.1) is 16.0 Å². The molecular weight excluding hydrogens is 506 g/mol. The van der Waals surface area contributed by atoms with Crippen LogP contribution in [0.1, 0.15) is 48.5 Å². The van der Waals surface area contributed by atoms with Crippen LogP contribution in [0.3, 0.4) is 0 Å². The van der Waals surface area contributed by atoms with Crippen LogP contribution in [0, 0.1) is 0 Å². The average molecular weight is 534 g/mol. The van der Waals surface area contributed by atoms with Gasteiger partial charge in [0.15, 0.2) is 5.78 Å². The number of aliphatic hydroxyl groups is 1. The maximum absolute atomic E-state index is 13.6. The number of hydrogen-bond acceptors (Lipinski definition) is 7. The lowest BCUT2D eigenvalue weighted by Crippen LogP contribution is -2.43. The first-order chi connectivity index (χ1) is 18.4. The molecule has 0 aliphatic heterocycles. The van der Waals surface area contributed by atoms with Gasteiger partial charge in [0.2, 0.25) is 5.91 Å². The van der Waals surface area contributed by atoms with Gasteiger partial charge in [-0.05, 0) is 56.9 Å². The summed E-state index contributed by atoms with van der Waals surface area (Å²) in [5.74, 6) is 1.16. The minimum atomic E-state index is -1.02. The maximum Gasteiger partial charge on any atom is 0.248 e. The smallest absolute Gasteiger partial charge is 0.248 e. The molecule has 2 aromatic heterocycles. The van der Waals surface area contributed by atoms with Gasteiger partial charge in [0, 0.05) is 29.9 Å². The van der Waals surface area contributed by atoms with Crippen molar-refractivity contribution in [3.05, 3.63) is 77.2 Å². The Morgan fingerprint density at radius 2 is 1.76 bits per heavy atom. The number of benzene rings is 2. The molecule has 10 heteroatoms. The molecule has 1 atom stereocenters. The molecule has 0 spiro atoms. The Labute approximate surface area is 224 Å². The first-order valence-electron chi connectivity index (χ1n) is 12.5. The number of aromatic amines is 1. The van der Waals surface area contributed by atoms with Crippen molar-refractivity contribution in [2.75, 3.05) is 5.32 Å². The number of carbonyl (C=O) groups excluding carboxylic acids is 2. The molecule has 2 aromatic carbocycles. The minimum absolute atomic E-state index is 0.0287. The molecule has 38 heavy (non-hydrogen) atoms. The number of rotatable bonds is 8. The van der Waals surface area contributed by atoms with Gasteiger partial charge in [-0.2, -0.15) is 0 Å². The summed E-state index contributed by atoms with van der Waals surface area (Å²) in [6, 6.07) is 14.5. The molecule has 2 heterocycles. The molecule has 1 fully saturated rings. The van der Waals surface area contributed by atoms with E-state index in [-0.39, 0.29) is 28.8 Å². The zero-order valence-corrected chi connectivity index (χ0v) is 21.5. The summed E-state index contributed by atoms with van der Waals surface area (Å²) in [7, 11) is 0. The molecule has 5 rings (SSSR count). The lowest BCUT2D eigenvalue weighted by molar-refractivity contribution is -0.129. The Bertz CT molecular complexity index is 1450. The first kappa shape index (κ1) is 25.7. The number of hydrogen-bond donors (Lipinski definition) is 4. The van der Waals surface area contributed by atoms with Crippen molar-refractivity contribution in [3.8, 4) is 11.5 Å². The highest BCUT2D eigenvalue weighted by atomic mass is 35.5. The van der Waals surface area contributed by atoms with Gasteiger partial charge >= 0.3 is 0 Å². The third-order valence-corrected chi connectivity index (χ3v) is 6.99. The average Bonchev–Trinajstić information content (AvgIpc) is 3.35. The number of halogens is 1. The fourth-order valence-corrected chi connectivity index (χ4v) is 4.92. The zero-order valence-electron chi connectivity index (χ0n) is 20.8. The number of para-hydroxylation sites is 1. The monoisotopic (exact) mass is 533 g/mol. The van der Waals surface area contributed by atoms with Crippen LogP contribution in [0.2, 0.25) is 5.02 Å². The van der Waals surface area contributed by atoms with Gasteiger partial charge in [0.1, 0.15) is 35.4 Å². The number of H-pyrrole nitrogens is 1. The standard InChI is InChI=1S/C28H28ClN5O4/c1-16(35)28(37)34-18-9-7-17(8-10-18)33-27-24-22(14-30-26(24)31-15-32-27)25(36)21-12-11-20(13-23(21)29)38-19-5-3-2-4-6-19/h2-6,11-18,35H,7-10H2,1H3,(H,34,37)(H2,30,31,32,33)/t16-,17-,18+/m0/s1. The largest absolute Gasteiger partial charge is 0.457 e. The second-order valence-corrected chi connectivity index (χ2v) is 9.82. The second kappa shape index (κ2) is 11.2. The number of fused-ring (bicyclic) bond motifs is 1. The Morgan fingerprint density at radius 1 is 1.03 bits per heavy atom. The highest BCUT2D eigenvalue weighted by Crippen LogP contribution is 2.32. The number of nitrogens with zero attached hydrogens (tertiary/aromatic N) is 2. The quantitative estimate of drug-likeness (QED) is 0.238. The molecule has 9 nitrogen and oxygen atoms in total. The highest BCUT2D eigenvalue weighted by molar-refractivity contribution is 6.35. The van der Waals surface area contributed by atoms with Crippen molar-refractivity contribution in [1.29, 1.82) is 0 Å². The topological polar surface area (TPSA) is 129 Å². The molecule has 4 aromatic rings. The maximum atomic E-state index is 13.6. The molecule has 196 valence electrons. The normalized spacial score (nSPS) is 18.1. The van der Waals surface area contributed by atoms with Gasteiger partial charge < -0.3 is 25.5 Å². The fraction of sp³-hybridized carbons (Fsp3) is 0.286. The van der Waals surface area contributed by atoms with Gasteiger partial charge in [-0.15, -0.1) is 0 Å². The minimum Gasteiger partial charge on any atom is -0.457 e. The summed E-state index contributed by atoms with van der Waals surface area (Å²) in [6.07, 6.45) is 5.21. The number of aliphatic hydroxyl groups excluding tert-OH is 1. The summed E-state index contributed by atoms with van der Waals surface area (Å²) in [6.45, 7) is 1.46. The first-order valence-corrected chi connectivity index (χ1v) is 12.9.